The monoisotopic (exact) mass is 1030 g/mol. The van der Waals surface area contributed by atoms with Gasteiger partial charge in [-0.05, 0) is 201 Å². The first-order chi connectivity index (χ1) is 38.1. The highest BCUT2D eigenvalue weighted by atomic mass is 15.1. The van der Waals surface area contributed by atoms with E-state index in [-0.39, 0.29) is 5.41 Å². The number of rotatable bonds is 5. The van der Waals surface area contributed by atoms with Gasteiger partial charge in [0.2, 0.25) is 0 Å². The second-order valence-electron chi connectivity index (χ2n) is 21.7. The zero-order valence-electron chi connectivity index (χ0n) is 49.8. The number of allylic oxidation sites excluding steroid dienone is 1. The van der Waals surface area contributed by atoms with Crippen molar-refractivity contribution in [2.24, 2.45) is 0 Å². The SMILES string of the molecule is CC.CC.CCC.CCn1c2c(c3ccc(C)cc31)C=CCC2.Cc1ccc2c(c1)C1(CCCCC1)c1cc(N(c3ccccc3)c3ccc4c(c3)CCCC4)c3ccccc3c1-2.Cc1ccccc1-c1cccc(C)c1C. The third kappa shape index (κ3) is 11.6. The topological polar surface area (TPSA) is 8.17 Å². The van der Waals surface area contributed by atoms with E-state index < -0.39 is 0 Å². The molecule has 0 N–H and O–H groups in total. The minimum Gasteiger partial charge on any atom is -0.344 e. The lowest BCUT2D eigenvalue weighted by Crippen LogP contribution is -2.28. The van der Waals surface area contributed by atoms with Gasteiger partial charge in [0.15, 0.2) is 0 Å². The third-order valence-corrected chi connectivity index (χ3v) is 16.6. The van der Waals surface area contributed by atoms with E-state index >= 15 is 0 Å². The van der Waals surface area contributed by atoms with Crippen molar-refractivity contribution in [3.05, 3.63) is 225 Å². The highest BCUT2D eigenvalue weighted by Gasteiger charge is 2.45. The number of benzene rings is 8. The van der Waals surface area contributed by atoms with Gasteiger partial charge >= 0.3 is 0 Å². The Bertz CT molecular complexity index is 3470. The molecule has 0 unspecified atom stereocenters. The minimum absolute atomic E-state index is 0.117. The molecule has 0 radical (unpaired) electrons. The molecule has 1 spiro atoms. The Morgan fingerprint density at radius 3 is 1.86 bits per heavy atom. The summed E-state index contributed by atoms with van der Waals surface area (Å²) in [7, 11) is 0. The Labute approximate surface area is 471 Å². The molecule has 2 nitrogen and oxygen atoms in total. The molecular formula is C76H90N2. The van der Waals surface area contributed by atoms with E-state index in [0.29, 0.717) is 0 Å². The molecule has 404 valence electrons. The molecule has 1 heterocycles. The molecule has 0 amide bonds. The van der Waals surface area contributed by atoms with Crippen LogP contribution in [0.2, 0.25) is 0 Å². The van der Waals surface area contributed by atoms with Crippen molar-refractivity contribution >= 4 is 44.8 Å². The summed E-state index contributed by atoms with van der Waals surface area (Å²) in [6.45, 7) is 26.5. The van der Waals surface area contributed by atoms with Gasteiger partial charge in [-0.1, -0.05) is 206 Å². The first kappa shape index (κ1) is 57.3. The average Bonchev–Trinajstić information content (AvgIpc) is 4.05. The van der Waals surface area contributed by atoms with E-state index in [0.717, 1.165) is 6.54 Å². The first-order valence-corrected chi connectivity index (χ1v) is 30.2. The zero-order chi connectivity index (χ0) is 55.3. The lowest BCUT2D eigenvalue weighted by molar-refractivity contribution is 0.353. The minimum atomic E-state index is 0.117. The molecule has 4 aliphatic carbocycles. The summed E-state index contributed by atoms with van der Waals surface area (Å²) in [6, 6.07) is 59.1. The summed E-state index contributed by atoms with van der Waals surface area (Å²) in [5, 5.41) is 4.14. The third-order valence-electron chi connectivity index (χ3n) is 16.6. The van der Waals surface area contributed by atoms with Gasteiger partial charge < -0.3 is 9.47 Å². The maximum absolute atomic E-state index is 2.60. The maximum Gasteiger partial charge on any atom is 0.0543 e. The van der Waals surface area contributed by atoms with E-state index in [1.54, 1.807) is 11.1 Å². The largest absolute Gasteiger partial charge is 0.344 e. The van der Waals surface area contributed by atoms with Crippen molar-refractivity contribution in [2.45, 2.75) is 172 Å². The van der Waals surface area contributed by atoms with Gasteiger partial charge in [0.05, 0.1) is 5.69 Å². The molecule has 1 aromatic heterocycles. The molecule has 9 aromatic rings. The Morgan fingerprint density at radius 1 is 0.487 bits per heavy atom. The highest BCUT2D eigenvalue weighted by Crippen LogP contribution is 2.59. The Balaban J connectivity index is 0.000000173. The summed E-state index contributed by atoms with van der Waals surface area (Å²) in [5.41, 5.74) is 26.9. The fourth-order valence-corrected chi connectivity index (χ4v) is 12.9. The predicted octanol–water partition coefficient (Wildman–Crippen LogP) is 22.4. The number of anilines is 3. The van der Waals surface area contributed by atoms with Gasteiger partial charge in [-0.15, -0.1) is 0 Å². The molecule has 2 heteroatoms. The molecule has 4 aliphatic rings. The first-order valence-electron chi connectivity index (χ1n) is 30.2. The molecule has 0 bridgehead atoms. The van der Waals surface area contributed by atoms with Crippen LogP contribution in [-0.4, -0.2) is 4.57 Å². The van der Waals surface area contributed by atoms with Crippen molar-refractivity contribution < 1.29 is 0 Å². The van der Waals surface area contributed by atoms with Crippen LogP contribution < -0.4 is 4.90 Å². The van der Waals surface area contributed by atoms with Gasteiger partial charge in [0.25, 0.3) is 0 Å². The lowest BCUT2D eigenvalue weighted by Gasteiger charge is -2.37. The van der Waals surface area contributed by atoms with Gasteiger partial charge in [0.1, 0.15) is 0 Å². The van der Waals surface area contributed by atoms with Gasteiger partial charge in [-0.25, -0.2) is 0 Å². The Kier molecular flexibility index (Phi) is 19.6. The average molecular weight is 1030 g/mol. The van der Waals surface area contributed by atoms with E-state index in [4.69, 9.17) is 0 Å². The molecule has 1 fully saturated rings. The molecular weight excluding hydrogens is 941 g/mol. The van der Waals surface area contributed by atoms with E-state index in [9.17, 15) is 0 Å². The van der Waals surface area contributed by atoms with E-state index in [1.165, 1.54) is 188 Å². The summed E-state index contributed by atoms with van der Waals surface area (Å²) < 4.78 is 2.47. The lowest BCUT2D eigenvalue weighted by atomic mass is 9.67. The number of fused-ring (bicyclic) bond motifs is 11. The van der Waals surface area contributed by atoms with Gasteiger partial charge in [0, 0.05) is 50.9 Å². The van der Waals surface area contributed by atoms with Crippen molar-refractivity contribution in [2.75, 3.05) is 4.90 Å². The van der Waals surface area contributed by atoms with E-state index in [1.807, 2.05) is 27.7 Å². The van der Waals surface area contributed by atoms with Gasteiger partial charge in [-0.2, -0.15) is 0 Å². The second kappa shape index (κ2) is 26.6. The molecule has 78 heavy (non-hydrogen) atoms. The van der Waals surface area contributed by atoms with Gasteiger partial charge in [-0.3, -0.25) is 0 Å². The smallest absolute Gasteiger partial charge is 0.0543 e. The Morgan fingerprint density at radius 2 is 1.13 bits per heavy atom. The van der Waals surface area contributed by atoms with Crippen LogP contribution in [0.1, 0.15) is 168 Å². The highest BCUT2D eigenvalue weighted by molar-refractivity contribution is 6.10. The molecule has 0 saturated heterocycles. The number of para-hydroxylation sites is 1. The van der Waals surface area contributed by atoms with Crippen molar-refractivity contribution in [1.82, 2.24) is 4.57 Å². The van der Waals surface area contributed by atoms with Crippen molar-refractivity contribution in [3.63, 3.8) is 0 Å². The Hall–Kier alpha value is -6.90. The van der Waals surface area contributed by atoms with Crippen molar-refractivity contribution in [1.29, 1.82) is 0 Å². The fraction of sp³-hybridized carbons (Fsp3) is 0.342. The molecule has 13 rings (SSSR count). The van der Waals surface area contributed by atoms with Crippen LogP contribution in [0.5, 0.6) is 0 Å². The summed E-state index contributed by atoms with van der Waals surface area (Å²) in [6.07, 6.45) is 19.7. The molecule has 8 aromatic carbocycles. The van der Waals surface area contributed by atoms with E-state index in [2.05, 4.69) is 235 Å². The molecule has 0 atom stereocenters. The molecule has 0 aliphatic heterocycles. The van der Waals surface area contributed by atoms with Crippen molar-refractivity contribution in [3.8, 4) is 22.3 Å². The predicted molar refractivity (Wildman–Crippen MR) is 344 cm³/mol. The van der Waals surface area contributed by atoms with Crippen LogP contribution in [-0.2, 0) is 31.2 Å². The molecule has 1 saturated carbocycles. The quantitative estimate of drug-likeness (QED) is 0.167. The standard InChI is InChI=1S/C39H37N.C15H17N.C15H16.C3H8.2C2H6/c1-27-18-21-34-35(24-27)39(22-10-3-11-23-39)36-26-37(32-16-8-9-17-33(32)38(34)36)40(30-14-4-2-5-15-30)31-20-19-28-12-6-7-13-29(28)25-31;1-3-16-14-7-5-4-6-12(14)13-9-8-11(2)10-15(13)16;1-11-8-6-10-15(13(11)3)14-9-5-4-7-12(14)2;1-3-2;2*1-2/h2,4-5,8-9,14-21,24-26H,3,6-7,10-13,22-23H2,1H3;4,6,8-10H,3,5,7H2,1-2H3;4-10H,1-3H3;3H2,1-2H3;2*1-2H3. The normalized spacial score (nSPS) is 14.0. The number of aryl methyl sites for hydroxylation is 7. The van der Waals surface area contributed by atoms with Crippen LogP contribution in [0.15, 0.2) is 164 Å². The summed E-state index contributed by atoms with van der Waals surface area (Å²) in [4.78, 5) is 2.54. The van der Waals surface area contributed by atoms with Crippen LogP contribution >= 0.6 is 0 Å². The van der Waals surface area contributed by atoms with Crippen LogP contribution in [0, 0.1) is 34.6 Å². The zero-order valence-corrected chi connectivity index (χ0v) is 49.8. The second-order valence-corrected chi connectivity index (χ2v) is 21.7. The van der Waals surface area contributed by atoms with Crippen LogP contribution in [0.3, 0.4) is 0 Å². The maximum atomic E-state index is 2.60. The fourth-order valence-electron chi connectivity index (χ4n) is 12.9. The van der Waals surface area contributed by atoms with Crippen LogP contribution in [0.4, 0.5) is 17.1 Å². The number of nitrogens with zero attached hydrogens (tertiary/aromatic N) is 2. The van der Waals surface area contributed by atoms with Crippen LogP contribution in [0.25, 0.3) is 50.0 Å². The number of hydrogen-bond donors (Lipinski definition) is 0. The number of aromatic nitrogens is 1. The summed E-state index contributed by atoms with van der Waals surface area (Å²) in [5.74, 6) is 0. The number of hydrogen-bond acceptors (Lipinski definition) is 1. The summed E-state index contributed by atoms with van der Waals surface area (Å²) >= 11 is 0.